The summed E-state index contributed by atoms with van der Waals surface area (Å²) in [5.41, 5.74) is 0.207. The Morgan fingerprint density at radius 1 is 1.30 bits per heavy atom. The van der Waals surface area contributed by atoms with Crippen LogP contribution in [0.2, 0.25) is 0 Å². The van der Waals surface area contributed by atoms with Crippen LogP contribution in [0, 0.1) is 12.8 Å². The molecule has 1 aliphatic heterocycles. The summed E-state index contributed by atoms with van der Waals surface area (Å²) < 4.78 is 8.23. The van der Waals surface area contributed by atoms with Crippen LogP contribution in [0.5, 0.6) is 0 Å². The van der Waals surface area contributed by atoms with Gasteiger partial charge in [0.1, 0.15) is 6.26 Å². The molecule has 0 unspecified atom stereocenters. The first-order chi connectivity index (χ1) is 13.1. The van der Waals surface area contributed by atoms with Crippen molar-refractivity contribution in [3.63, 3.8) is 0 Å². The Hall–Kier alpha value is -3.23. The summed E-state index contributed by atoms with van der Waals surface area (Å²) in [4.78, 5) is 30.5. The van der Waals surface area contributed by atoms with E-state index in [0.717, 1.165) is 12.8 Å². The molecule has 4 heterocycles. The zero-order chi connectivity index (χ0) is 18.8. The summed E-state index contributed by atoms with van der Waals surface area (Å²) in [6.07, 6.45) is 6.46. The van der Waals surface area contributed by atoms with Gasteiger partial charge in [0.15, 0.2) is 17.4 Å². The maximum atomic E-state index is 12.4. The number of piperidine rings is 1. The quantitative estimate of drug-likeness (QED) is 0.688. The van der Waals surface area contributed by atoms with Crippen LogP contribution in [-0.2, 0) is 6.54 Å². The molecule has 0 N–H and O–H groups in total. The highest BCUT2D eigenvalue weighted by molar-refractivity contribution is 5.92. The zero-order valence-electron chi connectivity index (χ0n) is 15.0. The fraction of sp³-hybridized carbons (Fsp3) is 0.389. The van der Waals surface area contributed by atoms with E-state index in [4.69, 9.17) is 4.42 Å². The predicted octanol–water partition coefficient (Wildman–Crippen LogP) is 1.28. The molecular weight excluding hydrogens is 348 g/mol. The van der Waals surface area contributed by atoms with Gasteiger partial charge in [-0.2, -0.15) is 5.10 Å². The van der Waals surface area contributed by atoms with Crippen LogP contribution in [0.4, 0.5) is 0 Å². The predicted molar refractivity (Wildman–Crippen MR) is 95.5 cm³/mol. The fourth-order valence-corrected chi connectivity index (χ4v) is 3.28. The molecule has 3 aromatic rings. The summed E-state index contributed by atoms with van der Waals surface area (Å²) in [6.45, 7) is 3.50. The first-order valence-corrected chi connectivity index (χ1v) is 8.90. The molecule has 0 spiro atoms. The van der Waals surface area contributed by atoms with Gasteiger partial charge in [0.25, 0.3) is 11.5 Å². The highest BCUT2D eigenvalue weighted by Gasteiger charge is 2.26. The van der Waals surface area contributed by atoms with Gasteiger partial charge in [-0.3, -0.25) is 9.59 Å². The summed E-state index contributed by atoms with van der Waals surface area (Å²) in [5.74, 6) is 1.26. The minimum atomic E-state index is -0.137. The van der Waals surface area contributed by atoms with Gasteiger partial charge >= 0.3 is 0 Å². The summed E-state index contributed by atoms with van der Waals surface area (Å²) in [5, 5.41) is 8.56. The zero-order valence-corrected chi connectivity index (χ0v) is 15.0. The number of aromatic nitrogens is 5. The van der Waals surface area contributed by atoms with Gasteiger partial charge in [-0.15, -0.1) is 5.10 Å². The topological polar surface area (TPSA) is 99.0 Å². The van der Waals surface area contributed by atoms with Crippen molar-refractivity contribution in [1.82, 2.24) is 29.4 Å². The van der Waals surface area contributed by atoms with Gasteiger partial charge in [0.2, 0.25) is 0 Å². The molecule has 1 amide bonds. The molecule has 1 saturated heterocycles. The van der Waals surface area contributed by atoms with E-state index in [1.54, 1.807) is 41.0 Å². The maximum Gasteiger partial charge on any atom is 0.275 e. The third-order valence-corrected chi connectivity index (χ3v) is 4.76. The number of rotatable bonds is 4. The van der Waals surface area contributed by atoms with Gasteiger partial charge in [-0.25, -0.2) is 14.3 Å². The third-order valence-electron chi connectivity index (χ3n) is 4.76. The van der Waals surface area contributed by atoms with Crippen LogP contribution in [0.1, 0.15) is 29.2 Å². The van der Waals surface area contributed by atoms with Gasteiger partial charge in [0.05, 0.1) is 0 Å². The smallest absolute Gasteiger partial charge is 0.275 e. The maximum absolute atomic E-state index is 12.4. The molecule has 1 fully saturated rings. The number of nitrogens with zero attached hydrogens (tertiary/aromatic N) is 6. The molecule has 0 bridgehead atoms. The molecule has 0 aliphatic carbocycles. The molecule has 3 aromatic heterocycles. The molecule has 1 aliphatic rings. The van der Waals surface area contributed by atoms with Crippen LogP contribution in [0.25, 0.3) is 5.82 Å². The second-order valence-corrected chi connectivity index (χ2v) is 6.65. The van der Waals surface area contributed by atoms with Crippen LogP contribution in [-0.4, -0.2) is 48.4 Å². The van der Waals surface area contributed by atoms with Crippen LogP contribution < -0.4 is 5.56 Å². The largest absolute Gasteiger partial charge is 0.448 e. The van der Waals surface area contributed by atoms with E-state index in [0.29, 0.717) is 37.0 Å². The minimum Gasteiger partial charge on any atom is -0.448 e. The van der Waals surface area contributed by atoms with Crippen molar-refractivity contribution >= 4 is 5.91 Å². The molecular formula is C18H20N6O3. The first-order valence-electron chi connectivity index (χ1n) is 8.90. The fourth-order valence-electron chi connectivity index (χ4n) is 3.28. The average molecular weight is 368 g/mol. The Balaban J connectivity index is 1.40. The molecule has 0 aromatic carbocycles. The van der Waals surface area contributed by atoms with Crippen molar-refractivity contribution < 1.29 is 9.21 Å². The normalized spacial score (nSPS) is 15.2. The number of likely N-dealkylation sites (tertiary alicyclic amines) is 1. The van der Waals surface area contributed by atoms with Crippen molar-refractivity contribution in [2.24, 2.45) is 5.92 Å². The van der Waals surface area contributed by atoms with E-state index >= 15 is 0 Å². The first kappa shape index (κ1) is 17.2. The molecule has 27 heavy (non-hydrogen) atoms. The van der Waals surface area contributed by atoms with Gasteiger partial charge in [0, 0.05) is 45.0 Å². The Morgan fingerprint density at radius 3 is 2.78 bits per heavy atom. The number of carbonyl (C=O) groups is 1. The SMILES string of the molecule is Cc1nc(C(=O)N2CCC(Cn3nc(-n4cccn4)ccc3=O)CC2)co1. The molecule has 9 nitrogen and oxygen atoms in total. The van der Waals surface area contributed by atoms with Gasteiger partial charge < -0.3 is 9.32 Å². The van der Waals surface area contributed by atoms with E-state index < -0.39 is 0 Å². The van der Waals surface area contributed by atoms with Crippen molar-refractivity contribution in [3.8, 4) is 5.82 Å². The second kappa shape index (κ2) is 7.18. The lowest BCUT2D eigenvalue weighted by molar-refractivity contribution is 0.0674. The van der Waals surface area contributed by atoms with Crippen LogP contribution >= 0.6 is 0 Å². The molecule has 0 radical (unpaired) electrons. The van der Waals surface area contributed by atoms with Gasteiger partial charge in [-0.05, 0) is 30.9 Å². The number of hydrogen-bond acceptors (Lipinski definition) is 6. The Kier molecular flexibility index (Phi) is 4.57. The Morgan fingerprint density at radius 2 is 2.11 bits per heavy atom. The third kappa shape index (κ3) is 3.67. The van der Waals surface area contributed by atoms with Crippen molar-refractivity contribution in [1.29, 1.82) is 0 Å². The van der Waals surface area contributed by atoms with E-state index in [1.807, 2.05) is 0 Å². The Bertz CT molecular complexity index is 983. The molecule has 0 atom stereocenters. The van der Waals surface area contributed by atoms with Crippen molar-refractivity contribution in [3.05, 3.63) is 58.8 Å². The van der Waals surface area contributed by atoms with Crippen molar-refractivity contribution in [2.75, 3.05) is 13.1 Å². The van der Waals surface area contributed by atoms with Crippen LogP contribution in [0.3, 0.4) is 0 Å². The molecule has 140 valence electrons. The second-order valence-electron chi connectivity index (χ2n) is 6.65. The lowest BCUT2D eigenvalue weighted by atomic mass is 9.96. The monoisotopic (exact) mass is 368 g/mol. The number of amides is 1. The number of hydrogen-bond donors (Lipinski definition) is 0. The number of carbonyl (C=O) groups excluding carboxylic acids is 1. The highest BCUT2D eigenvalue weighted by atomic mass is 16.3. The summed E-state index contributed by atoms with van der Waals surface area (Å²) >= 11 is 0. The summed E-state index contributed by atoms with van der Waals surface area (Å²) in [7, 11) is 0. The lowest BCUT2D eigenvalue weighted by Crippen LogP contribution is -2.40. The molecule has 9 heteroatoms. The average Bonchev–Trinajstić information content (AvgIpc) is 3.35. The summed E-state index contributed by atoms with van der Waals surface area (Å²) in [6, 6.07) is 4.98. The van der Waals surface area contributed by atoms with E-state index in [9.17, 15) is 9.59 Å². The van der Waals surface area contributed by atoms with Crippen LogP contribution in [0.15, 0.2) is 46.1 Å². The van der Waals surface area contributed by atoms with E-state index in [-0.39, 0.29) is 17.4 Å². The minimum absolute atomic E-state index is 0.110. The Labute approximate surface area is 155 Å². The van der Waals surface area contributed by atoms with E-state index in [1.165, 1.54) is 17.0 Å². The standard InChI is InChI=1S/C18H20N6O3/c1-13-20-15(12-27-13)18(26)22-9-5-14(6-10-22)11-24-17(25)4-3-16(21-24)23-8-2-7-19-23/h2-4,7-8,12,14H,5-6,9-11H2,1H3. The lowest BCUT2D eigenvalue weighted by Gasteiger charge is -2.31. The van der Waals surface area contributed by atoms with Gasteiger partial charge in [-0.1, -0.05) is 0 Å². The van der Waals surface area contributed by atoms with Crippen molar-refractivity contribution in [2.45, 2.75) is 26.3 Å². The number of aryl methyl sites for hydroxylation is 1. The molecule has 0 saturated carbocycles. The highest BCUT2D eigenvalue weighted by Crippen LogP contribution is 2.20. The molecule has 4 rings (SSSR count). The number of oxazole rings is 1. The van der Waals surface area contributed by atoms with E-state index in [2.05, 4.69) is 15.2 Å².